The van der Waals surface area contributed by atoms with Crippen LogP contribution in [0.1, 0.15) is 15.9 Å². The third kappa shape index (κ3) is 5.16. The minimum absolute atomic E-state index is 0.192. The van der Waals surface area contributed by atoms with Crippen molar-refractivity contribution in [2.24, 2.45) is 0 Å². The Morgan fingerprint density at radius 3 is 2.19 bits per heavy atom. The van der Waals surface area contributed by atoms with Crippen molar-refractivity contribution >= 4 is 19.2 Å². The van der Waals surface area contributed by atoms with Crippen molar-refractivity contribution in [1.82, 2.24) is 0 Å². The van der Waals surface area contributed by atoms with Gasteiger partial charge in [-0.1, -0.05) is 30.3 Å². The first kappa shape index (κ1) is 15.4. The maximum atomic E-state index is 12.0. The predicted molar refractivity (Wildman–Crippen MR) is 81.5 cm³/mol. The molecule has 0 aliphatic rings. The largest absolute Gasteiger partial charge is 0.325 e. The number of aryl methyl sites for hydroxylation is 1. The van der Waals surface area contributed by atoms with E-state index in [1.165, 1.54) is 0 Å². The van der Waals surface area contributed by atoms with Gasteiger partial charge in [0.15, 0.2) is 0 Å². The van der Waals surface area contributed by atoms with Crippen LogP contribution in [0.15, 0.2) is 54.6 Å². The molecular weight excluding hydrogens is 289 g/mol. The summed E-state index contributed by atoms with van der Waals surface area (Å²) < 4.78 is 10.8. The van der Waals surface area contributed by atoms with Crippen LogP contribution in [0.4, 0.5) is 5.69 Å². The number of hydrogen-bond donors (Lipinski definition) is 3. The summed E-state index contributed by atoms with van der Waals surface area (Å²) in [6, 6.07) is 15.8. The number of carbonyl (C=O) groups is 1. The molecule has 0 aliphatic carbocycles. The second-order valence-corrected chi connectivity index (χ2v) is 6.43. The van der Waals surface area contributed by atoms with Gasteiger partial charge in [0.1, 0.15) is 0 Å². The summed E-state index contributed by atoms with van der Waals surface area (Å²) in [4.78, 5) is 29.7. The van der Waals surface area contributed by atoms with Crippen LogP contribution in [-0.2, 0) is 11.0 Å². The molecule has 0 bridgehead atoms. The summed E-state index contributed by atoms with van der Waals surface area (Å²) in [6.07, 6.45) is 0.0907. The van der Waals surface area contributed by atoms with Crippen molar-refractivity contribution in [1.29, 1.82) is 0 Å². The zero-order valence-corrected chi connectivity index (χ0v) is 12.2. The minimum atomic E-state index is -3.99. The van der Waals surface area contributed by atoms with Gasteiger partial charge in [-0.15, -0.1) is 0 Å². The lowest BCUT2D eigenvalue weighted by atomic mass is 10.1. The predicted octanol–water partition coefficient (Wildman–Crippen LogP) is 2.66. The van der Waals surface area contributed by atoms with E-state index in [1.54, 1.807) is 36.4 Å². The van der Waals surface area contributed by atoms with Crippen LogP contribution >= 0.6 is 7.60 Å². The van der Waals surface area contributed by atoms with Crippen LogP contribution in [0, 0.1) is 0 Å². The maximum absolute atomic E-state index is 12.0. The smallest absolute Gasteiger partial charge is 0.324 e. The van der Waals surface area contributed by atoms with Gasteiger partial charge in [-0.2, -0.15) is 0 Å². The fourth-order valence-corrected chi connectivity index (χ4v) is 2.37. The molecule has 3 N–H and O–H groups in total. The zero-order chi connectivity index (χ0) is 15.3. The van der Waals surface area contributed by atoms with Crippen LogP contribution < -0.4 is 5.32 Å². The molecule has 0 radical (unpaired) electrons. The first-order chi connectivity index (χ1) is 9.94. The molecule has 0 heterocycles. The highest BCUT2D eigenvalue weighted by Gasteiger charge is 2.12. The second-order valence-electron chi connectivity index (χ2n) is 4.66. The van der Waals surface area contributed by atoms with Crippen molar-refractivity contribution in [3.8, 4) is 0 Å². The Balaban J connectivity index is 1.98. The van der Waals surface area contributed by atoms with Crippen LogP contribution in [0.2, 0.25) is 0 Å². The van der Waals surface area contributed by atoms with E-state index in [0.717, 1.165) is 5.56 Å². The highest BCUT2D eigenvalue weighted by molar-refractivity contribution is 7.51. The lowest BCUT2D eigenvalue weighted by molar-refractivity contribution is 0.102. The van der Waals surface area contributed by atoms with E-state index in [2.05, 4.69) is 5.32 Å². The summed E-state index contributed by atoms with van der Waals surface area (Å²) in [7, 11) is -3.99. The first-order valence-corrected chi connectivity index (χ1v) is 8.24. The lowest BCUT2D eigenvalue weighted by Crippen LogP contribution is -2.11. The van der Waals surface area contributed by atoms with Gasteiger partial charge < -0.3 is 15.1 Å². The Bertz CT molecular complexity index is 649. The van der Waals surface area contributed by atoms with E-state index >= 15 is 0 Å². The van der Waals surface area contributed by atoms with E-state index in [9.17, 15) is 9.36 Å². The molecule has 2 aromatic rings. The minimum Gasteiger partial charge on any atom is -0.324 e. The fourth-order valence-electron chi connectivity index (χ4n) is 1.82. The molecule has 0 fully saturated rings. The summed E-state index contributed by atoms with van der Waals surface area (Å²) in [5.74, 6) is -0.220. The van der Waals surface area contributed by atoms with Gasteiger partial charge in [0.2, 0.25) is 0 Å². The van der Waals surface area contributed by atoms with Crippen molar-refractivity contribution < 1.29 is 19.1 Å². The number of carbonyl (C=O) groups excluding carboxylic acids is 1. The summed E-state index contributed by atoms with van der Waals surface area (Å²) >= 11 is 0. The molecule has 0 saturated heterocycles. The highest BCUT2D eigenvalue weighted by Crippen LogP contribution is 2.34. The second kappa shape index (κ2) is 6.68. The van der Waals surface area contributed by atoms with Crippen LogP contribution in [0.5, 0.6) is 0 Å². The van der Waals surface area contributed by atoms with Crippen molar-refractivity contribution in [2.45, 2.75) is 6.42 Å². The molecule has 2 rings (SSSR count). The van der Waals surface area contributed by atoms with Gasteiger partial charge in [0, 0.05) is 11.3 Å². The first-order valence-electron chi connectivity index (χ1n) is 6.44. The van der Waals surface area contributed by atoms with E-state index < -0.39 is 7.60 Å². The van der Waals surface area contributed by atoms with E-state index in [0.29, 0.717) is 11.3 Å². The Kier molecular flexibility index (Phi) is 4.91. The van der Waals surface area contributed by atoms with Crippen molar-refractivity contribution in [2.75, 3.05) is 11.5 Å². The molecule has 5 nitrogen and oxygen atoms in total. The zero-order valence-electron chi connectivity index (χ0n) is 11.3. The number of rotatable bonds is 5. The molecular formula is C15H16NO4P. The molecule has 110 valence electrons. The summed E-state index contributed by atoms with van der Waals surface area (Å²) in [5.41, 5.74) is 2.00. The Morgan fingerprint density at radius 2 is 1.62 bits per heavy atom. The fraction of sp³-hybridized carbons (Fsp3) is 0.133. The van der Waals surface area contributed by atoms with Crippen LogP contribution in [0.25, 0.3) is 0 Å². The maximum Gasteiger partial charge on any atom is 0.325 e. The van der Waals surface area contributed by atoms with Gasteiger partial charge in [-0.3, -0.25) is 9.36 Å². The quantitative estimate of drug-likeness (QED) is 0.741. The average molecular weight is 305 g/mol. The third-order valence-corrected chi connectivity index (χ3v) is 3.75. The van der Waals surface area contributed by atoms with Crippen LogP contribution in [-0.4, -0.2) is 21.9 Å². The van der Waals surface area contributed by atoms with Gasteiger partial charge in [0.05, 0.1) is 6.16 Å². The molecule has 0 unspecified atom stereocenters. The van der Waals surface area contributed by atoms with Gasteiger partial charge in [-0.25, -0.2) is 0 Å². The van der Waals surface area contributed by atoms with Crippen molar-refractivity contribution in [3.05, 3.63) is 65.7 Å². The van der Waals surface area contributed by atoms with Gasteiger partial charge in [-0.05, 0) is 36.2 Å². The number of anilines is 1. The molecule has 0 saturated carbocycles. The normalized spacial score (nSPS) is 11.1. The average Bonchev–Trinajstić information content (AvgIpc) is 2.46. The molecule has 1 amide bonds. The topological polar surface area (TPSA) is 86.6 Å². The number of amides is 1. The standard InChI is InChI=1S/C15H16NO4P/c17-15(16-14-4-2-1-3-5-14)13-8-6-12(7-9-13)10-11-21(18,19)20/h1-9H,10-11H2,(H,16,17)(H2,18,19,20). The molecule has 0 aromatic heterocycles. The van der Waals surface area contributed by atoms with E-state index in [1.807, 2.05) is 18.2 Å². The molecule has 0 atom stereocenters. The Morgan fingerprint density at radius 1 is 1.00 bits per heavy atom. The molecule has 2 aromatic carbocycles. The van der Waals surface area contributed by atoms with Gasteiger partial charge in [0.25, 0.3) is 5.91 Å². The van der Waals surface area contributed by atoms with Crippen LogP contribution in [0.3, 0.4) is 0 Å². The van der Waals surface area contributed by atoms with E-state index in [-0.39, 0.29) is 18.5 Å². The third-order valence-electron chi connectivity index (χ3n) is 2.94. The lowest BCUT2D eigenvalue weighted by Gasteiger charge is -2.07. The molecule has 6 heteroatoms. The number of hydrogen-bond acceptors (Lipinski definition) is 2. The molecule has 0 aliphatic heterocycles. The summed E-state index contributed by atoms with van der Waals surface area (Å²) in [6.45, 7) is 0. The van der Waals surface area contributed by atoms with E-state index in [4.69, 9.17) is 9.79 Å². The number of nitrogens with one attached hydrogen (secondary N) is 1. The SMILES string of the molecule is O=C(Nc1ccccc1)c1ccc(CCP(=O)(O)O)cc1. The Hall–Kier alpha value is -1.94. The van der Waals surface area contributed by atoms with Gasteiger partial charge >= 0.3 is 7.60 Å². The monoisotopic (exact) mass is 305 g/mol. The highest BCUT2D eigenvalue weighted by atomic mass is 31.2. The Labute approximate surface area is 122 Å². The number of benzene rings is 2. The molecule has 0 spiro atoms. The molecule has 21 heavy (non-hydrogen) atoms. The number of para-hydroxylation sites is 1. The summed E-state index contributed by atoms with van der Waals surface area (Å²) in [5, 5.41) is 2.77. The van der Waals surface area contributed by atoms with Crippen molar-refractivity contribution in [3.63, 3.8) is 0 Å².